The van der Waals surface area contributed by atoms with E-state index in [2.05, 4.69) is 16.1 Å². The smallest absolute Gasteiger partial charge is 0.157 e. The minimum absolute atomic E-state index is 0.435. The molecule has 4 heteroatoms. The van der Waals surface area contributed by atoms with Crippen LogP contribution in [0.4, 0.5) is 4.39 Å². The number of benzene rings is 1. The first-order valence-corrected chi connectivity index (χ1v) is 6.82. The fourth-order valence-corrected chi connectivity index (χ4v) is 2.68. The first-order chi connectivity index (χ1) is 10.7. The van der Waals surface area contributed by atoms with Gasteiger partial charge >= 0.3 is 0 Å². The second-order valence-corrected chi connectivity index (χ2v) is 5.00. The molecule has 0 aliphatic carbocycles. The number of rotatable bonds is 3. The van der Waals surface area contributed by atoms with E-state index in [1.54, 1.807) is 12.3 Å². The van der Waals surface area contributed by atoms with Crippen molar-refractivity contribution in [2.45, 2.75) is 0 Å². The number of halogens is 1. The zero-order valence-electron chi connectivity index (χ0n) is 12.1. The molecule has 0 spiro atoms. The number of nitrogens with zero attached hydrogens (tertiary/aromatic N) is 2. The van der Waals surface area contributed by atoms with E-state index in [0.717, 1.165) is 27.4 Å². The van der Waals surface area contributed by atoms with Crippen molar-refractivity contribution in [1.29, 1.82) is 0 Å². The molecule has 0 aliphatic heterocycles. The highest BCUT2D eigenvalue weighted by Crippen LogP contribution is 2.30. The van der Waals surface area contributed by atoms with Gasteiger partial charge in [0.15, 0.2) is 5.83 Å². The van der Waals surface area contributed by atoms with Gasteiger partial charge in [-0.05, 0) is 29.3 Å². The van der Waals surface area contributed by atoms with E-state index in [-0.39, 0.29) is 0 Å². The van der Waals surface area contributed by atoms with Crippen LogP contribution in [0.2, 0.25) is 0 Å². The maximum atomic E-state index is 13.3. The van der Waals surface area contributed by atoms with Gasteiger partial charge < -0.3 is 9.67 Å². The molecule has 0 aliphatic rings. The van der Waals surface area contributed by atoms with Crippen molar-refractivity contribution in [2.24, 2.45) is 7.05 Å². The Morgan fingerprint density at radius 2 is 2.09 bits per heavy atom. The lowest BCUT2D eigenvalue weighted by atomic mass is 10.0. The van der Waals surface area contributed by atoms with Gasteiger partial charge in [0.05, 0.1) is 5.52 Å². The molecule has 110 valence electrons. The molecular weight excluding hydrogens is 279 g/mol. The molecule has 2 aromatic heterocycles. The number of allylic oxidation sites excluding steroid dienone is 4. The van der Waals surface area contributed by atoms with E-state index in [4.69, 9.17) is 5.11 Å². The summed E-state index contributed by atoms with van der Waals surface area (Å²) in [6.45, 7) is 3.71. The van der Waals surface area contributed by atoms with Crippen molar-refractivity contribution >= 4 is 27.4 Å². The number of aliphatic hydroxyl groups is 1. The van der Waals surface area contributed by atoms with E-state index in [1.807, 2.05) is 37.5 Å². The molecule has 0 unspecified atom stereocenters. The van der Waals surface area contributed by atoms with E-state index in [1.165, 1.54) is 6.08 Å². The number of pyridine rings is 1. The molecule has 0 amide bonds. The van der Waals surface area contributed by atoms with Gasteiger partial charge in [0.2, 0.25) is 0 Å². The summed E-state index contributed by atoms with van der Waals surface area (Å²) in [4.78, 5) is 4.17. The van der Waals surface area contributed by atoms with Crippen molar-refractivity contribution in [2.75, 3.05) is 0 Å². The van der Waals surface area contributed by atoms with Gasteiger partial charge in [-0.15, -0.1) is 0 Å². The minimum Gasteiger partial charge on any atom is -0.513 e. The second-order valence-electron chi connectivity index (χ2n) is 5.00. The van der Waals surface area contributed by atoms with Gasteiger partial charge in [-0.3, -0.25) is 4.98 Å². The van der Waals surface area contributed by atoms with Gasteiger partial charge in [-0.1, -0.05) is 24.8 Å². The molecule has 0 radical (unpaired) electrons. The van der Waals surface area contributed by atoms with Crippen molar-refractivity contribution in [3.05, 3.63) is 73.0 Å². The molecule has 3 rings (SSSR count). The molecular formula is C18H15FN2O. The Morgan fingerprint density at radius 3 is 2.82 bits per heavy atom. The Labute approximate surface area is 127 Å². The van der Waals surface area contributed by atoms with E-state index < -0.39 is 5.83 Å². The molecule has 1 aromatic carbocycles. The maximum Gasteiger partial charge on any atom is 0.157 e. The largest absolute Gasteiger partial charge is 0.513 e. The van der Waals surface area contributed by atoms with Crippen molar-refractivity contribution in [3.8, 4) is 0 Å². The fourth-order valence-electron chi connectivity index (χ4n) is 2.68. The molecule has 3 aromatic rings. The Hall–Kier alpha value is -2.88. The summed E-state index contributed by atoms with van der Waals surface area (Å²) in [7, 11) is 1.99. The lowest BCUT2D eigenvalue weighted by Gasteiger charge is -2.04. The standard InChI is InChI=1S/C18H15FN2O/c1-3-12(8-14(19)11-22)13-4-5-15-16-10-20-7-6-17(16)21(2)18(15)9-13/h3-11,22H,1H2,2H3/b12-8+,14-11-. The summed E-state index contributed by atoms with van der Waals surface area (Å²) in [6, 6.07) is 7.85. The highest BCUT2D eigenvalue weighted by Gasteiger charge is 2.09. The summed E-state index contributed by atoms with van der Waals surface area (Å²) < 4.78 is 15.4. The molecule has 0 saturated heterocycles. The Balaban J connectivity index is 2.26. The van der Waals surface area contributed by atoms with Gasteiger partial charge in [0.1, 0.15) is 6.26 Å². The SMILES string of the molecule is C=C/C(=C\C(F)=C\O)c1ccc2c3cnccc3n(C)c2c1. The topological polar surface area (TPSA) is 38.1 Å². The number of hydrogen-bond donors (Lipinski definition) is 1. The Bertz CT molecular complexity index is 935. The summed E-state index contributed by atoms with van der Waals surface area (Å²) in [6.07, 6.45) is 6.85. The lowest BCUT2D eigenvalue weighted by Crippen LogP contribution is -1.88. The quantitative estimate of drug-likeness (QED) is 0.563. The van der Waals surface area contributed by atoms with Crippen LogP contribution in [0.15, 0.2) is 67.5 Å². The third-order valence-corrected chi connectivity index (χ3v) is 3.78. The highest BCUT2D eigenvalue weighted by molar-refractivity contribution is 6.08. The maximum absolute atomic E-state index is 13.3. The van der Waals surface area contributed by atoms with E-state index in [9.17, 15) is 4.39 Å². The molecule has 0 fully saturated rings. The summed E-state index contributed by atoms with van der Waals surface area (Å²) in [5.74, 6) is -0.712. The van der Waals surface area contributed by atoms with E-state index in [0.29, 0.717) is 11.8 Å². The first-order valence-electron chi connectivity index (χ1n) is 6.82. The van der Waals surface area contributed by atoms with Crippen LogP contribution in [0, 0.1) is 0 Å². The van der Waals surface area contributed by atoms with Crippen molar-refractivity contribution in [3.63, 3.8) is 0 Å². The minimum atomic E-state index is -0.712. The number of hydrogen-bond acceptors (Lipinski definition) is 2. The Kier molecular flexibility index (Phi) is 3.51. The molecule has 22 heavy (non-hydrogen) atoms. The molecule has 1 N–H and O–H groups in total. The van der Waals surface area contributed by atoms with Gasteiger partial charge in [-0.2, -0.15) is 0 Å². The van der Waals surface area contributed by atoms with Crippen LogP contribution in [0.5, 0.6) is 0 Å². The van der Waals surface area contributed by atoms with E-state index >= 15 is 0 Å². The highest BCUT2D eigenvalue weighted by atomic mass is 19.1. The van der Waals surface area contributed by atoms with Gasteiger partial charge in [0.25, 0.3) is 0 Å². The number of fused-ring (bicyclic) bond motifs is 3. The van der Waals surface area contributed by atoms with Gasteiger partial charge in [-0.25, -0.2) is 4.39 Å². The number of aryl methyl sites for hydroxylation is 1. The summed E-state index contributed by atoms with van der Waals surface area (Å²) in [5, 5.41) is 10.9. The third kappa shape index (κ3) is 2.19. The first kappa shape index (κ1) is 14.1. The number of aliphatic hydroxyl groups excluding tert-OH is 1. The van der Waals surface area contributed by atoms with Crippen LogP contribution in [0.25, 0.3) is 27.4 Å². The molecule has 0 atom stereocenters. The van der Waals surface area contributed by atoms with Crippen LogP contribution >= 0.6 is 0 Å². The average Bonchev–Trinajstić information content (AvgIpc) is 2.85. The third-order valence-electron chi connectivity index (χ3n) is 3.78. The predicted molar refractivity (Wildman–Crippen MR) is 88.2 cm³/mol. The van der Waals surface area contributed by atoms with Crippen LogP contribution in [-0.2, 0) is 7.05 Å². The fraction of sp³-hybridized carbons (Fsp3) is 0.0556. The molecule has 3 nitrogen and oxygen atoms in total. The van der Waals surface area contributed by atoms with Crippen LogP contribution < -0.4 is 0 Å². The van der Waals surface area contributed by atoms with Crippen molar-refractivity contribution in [1.82, 2.24) is 9.55 Å². The number of aromatic nitrogens is 2. The molecule has 2 heterocycles. The van der Waals surface area contributed by atoms with Gasteiger partial charge in [0, 0.05) is 35.7 Å². The zero-order chi connectivity index (χ0) is 15.7. The van der Waals surface area contributed by atoms with Crippen LogP contribution in [-0.4, -0.2) is 14.7 Å². The summed E-state index contributed by atoms with van der Waals surface area (Å²) >= 11 is 0. The van der Waals surface area contributed by atoms with Crippen LogP contribution in [0.3, 0.4) is 0 Å². The zero-order valence-corrected chi connectivity index (χ0v) is 12.1. The monoisotopic (exact) mass is 294 g/mol. The molecule has 0 saturated carbocycles. The molecule has 0 bridgehead atoms. The van der Waals surface area contributed by atoms with Crippen molar-refractivity contribution < 1.29 is 9.50 Å². The normalized spacial score (nSPS) is 13.0. The predicted octanol–water partition coefficient (Wildman–Crippen LogP) is 4.66. The summed E-state index contributed by atoms with van der Waals surface area (Å²) in [5.41, 5.74) is 3.56. The second kappa shape index (κ2) is 5.48. The average molecular weight is 294 g/mol. The Morgan fingerprint density at radius 1 is 1.27 bits per heavy atom. The lowest BCUT2D eigenvalue weighted by molar-refractivity contribution is 0.447. The van der Waals surface area contributed by atoms with Crippen LogP contribution in [0.1, 0.15) is 5.56 Å².